The van der Waals surface area contributed by atoms with Gasteiger partial charge in [0, 0.05) is 25.4 Å². The summed E-state index contributed by atoms with van der Waals surface area (Å²) in [7, 11) is 0. The predicted molar refractivity (Wildman–Crippen MR) is 125 cm³/mol. The summed E-state index contributed by atoms with van der Waals surface area (Å²) in [5, 5.41) is 5.60. The molecule has 2 N–H and O–H groups in total. The summed E-state index contributed by atoms with van der Waals surface area (Å²) >= 11 is 0. The van der Waals surface area contributed by atoms with Crippen molar-refractivity contribution in [2.75, 3.05) is 23.7 Å². The van der Waals surface area contributed by atoms with E-state index in [1.807, 2.05) is 0 Å². The van der Waals surface area contributed by atoms with Crippen LogP contribution in [0, 0.1) is 5.82 Å². The van der Waals surface area contributed by atoms with Crippen LogP contribution in [0.5, 0.6) is 11.5 Å². The molecule has 2 heterocycles. The second kappa shape index (κ2) is 10.4. The Labute approximate surface area is 190 Å². The highest BCUT2D eigenvalue weighted by atomic mass is 19.1. The SMILES string of the molecule is O=C(/C=C/c1ccc(Oc2cccnc2)c(F)c1)Nc1ccccc1NC(=O)N1CCCC1. The number of para-hydroxylation sites is 2. The van der Waals surface area contributed by atoms with Crippen LogP contribution in [0.4, 0.5) is 20.6 Å². The molecule has 0 unspecified atom stereocenters. The summed E-state index contributed by atoms with van der Waals surface area (Å²) < 4.78 is 19.9. The van der Waals surface area contributed by atoms with Crippen molar-refractivity contribution in [2.45, 2.75) is 12.8 Å². The van der Waals surface area contributed by atoms with Gasteiger partial charge in [-0.3, -0.25) is 9.78 Å². The first-order chi connectivity index (χ1) is 16.1. The molecule has 1 aliphatic heterocycles. The van der Waals surface area contributed by atoms with Gasteiger partial charge in [-0.15, -0.1) is 0 Å². The minimum absolute atomic E-state index is 0.0623. The standard InChI is InChI=1S/C25H23FN4O3/c26-20-16-18(9-11-23(20)33-19-6-5-13-27-17-19)10-12-24(31)28-21-7-1-2-8-22(21)29-25(32)30-14-3-4-15-30/h1-2,5-13,16-17H,3-4,14-15H2,(H,28,31)(H,29,32)/b12-10+. The molecule has 7 nitrogen and oxygen atoms in total. The molecule has 4 rings (SSSR count). The third-order valence-electron chi connectivity index (χ3n) is 5.07. The van der Waals surface area contributed by atoms with Gasteiger partial charge in [0.2, 0.25) is 5.91 Å². The summed E-state index contributed by atoms with van der Waals surface area (Å²) in [6.45, 7) is 1.46. The fourth-order valence-corrected chi connectivity index (χ4v) is 3.40. The number of likely N-dealkylation sites (tertiary alicyclic amines) is 1. The summed E-state index contributed by atoms with van der Waals surface area (Å²) in [6, 6.07) is 14.6. The number of hydrogen-bond donors (Lipinski definition) is 2. The van der Waals surface area contributed by atoms with E-state index in [0.717, 1.165) is 25.9 Å². The van der Waals surface area contributed by atoms with Crippen LogP contribution in [0.2, 0.25) is 0 Å². The van der Waals surface area contributed by atoms with Crippen LogP contribution < -0.4 is 15.4 Å². The minimum atomic E-state index is -0.559. The molecule has 2 aromatic carbocycles. The number of benzene rings is 2. The molecular formula is C25H23FN4O3. The Morgan fingerprint density at radius 2 is 1.76 bits per heavy atom. The first-order valence-electron chi connectivity index (χ1n) is 10.6. The fraction of sp³-hybridized carbons (Fsp3) is 0.160. The number of nitrogens with one attached hydrogen (secondary N) is 2. The Morgan fingerprint density at radius 1 is 1.00 bits per heavy atom. The molecule has 1 fully saturated rings. The van der Waals surface area contributed by atoms with Crippen LogP contribution >= 0.6 is 0 Å². The third kappa shape index (κ3) is 5.94. The number of nitrogens with zero attached hydrogens (tertiary/aromatic N) is 2. The molecule has 3 amide bonds. The normalized spacial score (nSPS) is 13.2. The second-order valence-electron chi connectivity index (χ2n) is 7.47. The number of carbonyl (C=O) groups is 2. The van der Waals surface area contributed by atoms with E-state index in [4.69, 9.17) is 4.74 Å². The molecule has 1 aliphatic rings. The quantitative estimate of drug-likeness (QED) is 0.504. The van der Waals surface area contributed by atoms with Crippen molar-refractivity contribution in [3.8, 4) is 11.5 Å². The highest BCUT2D eigenvalue weighted by Crippen LogP contribution is 2.25. The van der Waals surface area contributed by atoms with Crippen LogP contribution in [0.15, 0.2) is 73.1 Å². The van der Waals surface area contributed by atoms with Gasteiger partial charge < -0.3 is 20.3 Å². The van der Waals surface area contributed by atoms with Crippen LogP contribution in [-0.2, 0) is 4.79 Å². The zero-order valence-corrected chi connectivity index (χ0v) is 17.8. The minimum Gasteiger partial charge on any atom is -0.453 e. The molecule has 0 saturated carbocycles. The largest absolute Gasteiger partial charge is 0.453 e. The number of rotatable bonds is 6. The number of carbonyl (C=O) groups excluding carboxylic acids is 2. The third-order valence-corrected chi connectivity index (χ3v) is 5.07. The fourth-order valence-electron chi connectivity index (χ4n) is 3.40. The van der Waals surface area contributed by atoms with E-state index in [9.17, 15) is 14.0 Å². The van der Waals surface area contributed by atoms with Crippen molar-refractivity contribution >= 4 is 29.4 Å². The van der Waals surface area contributed by atoms with Crippen molar-refractivity contribution in [3.05, 3.63) is 84.4 Å². The number of amides is 3. The molecule has 8 heteroatoms. The first kappa shape index (κ1) is 22.0. The molecule has 168 valence electrons. The number of urea groups is 1. The van der Waals surface area contributed by atoms with Crippen molar-refractivity contribution in [3.63, 3.8) is 0 Å². The smallest absolute Gasteiger partial charge is 0.321 e. The lowest BCUT2D eigenvalue weighted by Crippen LogP contribution is -2.32. The number of halogens is 1. The van der Waals surface area contributed by atoms with Crippen LogP contribution in [0.1, 0.15) is 18.4 Å². The van der Waals surface area contributed by atoms with Gasteiger partial charge in [-0.25, -0.2) is 9.18 Å². The van der Waals surface area contributed by atoms with E-state index in [1.54, 1.807) is 53.6 Å². The molecule has 0 bridgehead atoms. The molecule has 0 spiro atoms. The highest BCUT2D eigenvalue weighted by Gasteiger charge is 2.18. The number of aromatic nitrogens is 1. The number of anilines is 2. The molecule has 1 saturated heterocycles. The van der Waals surface area contributed by atoms with Gasteiger partial charge >= 0.3 is 6.03 Å². The average molecular weight is 446 g/mol. The maximum atomic E-state index is 14.4. The van der Waals surface area contributed by atoms with Crippen molar-refractivity contribution in [1.29, 1.82) is 0 Å². The lowest BCUT2D eigenvalue weighted by atomic mass is 10.2. The van der Waals surface area contributed by atoms with Crippen LogP contribution in [-0.4, -0.2) is 34.9 Å². The molecular weight excluding hydrogens is 423 g/mol. The zero-order valence-electron chi connectivity index (χ0n) is 17.8. The maximum absolute atomic E-state index is 14.4. The van der Waals surface area contributed by atoms with Gasteiger partial charge in [0.05, 0.1) is 17.6 Å². The number of hydrogen-bond acceptors (Lipinski definition) is 4. The lowest BCUT2D eigenvalue weighted by Gasteiger charge is -2.18. The summed E-state index contributed by atoms with van der Waals surface area (Å²) in [5.74, 6) is -0.479. The highest BCUT2D eigenvalue weighted by molar-refractivity contribution is 6.05. The monoisotopic (exact) mass is 446 g/mol. The Bertz CT molecular complexity index is 1160. The number of pyridine rings is 1. The summed E-state index contributed by atoms with van der Waals surface area (Å²) in [5.41, 5.74) is 1.49. The summed E-state index contributed by atoms with van der Waals surface area (Å²) in [6.07, 6.45) is 7.87. The van der Waals surface area contributed by atoms with Gasteiger partial charge in [0.25, 0.3) is 0 Å². The Kier molecular flexibility index (Phi) is 6.94. The van der Waals surface area contributed by atoms with Gasteiger partial charge in [-0.05, 0) is 60.9 Å². The summed E-state index contributed by atoms with van der Waals surface area (Å²) in [4.78, 5) is 30.5. The van der Waals surface area contributed by atoms with E-state index in [2.05, 4.69) is 15.6 Å². The molecule has 33 heavy (non-hydrogen) atoms. The van der Waals surface area contributed by atoms with Crippen LogP contribution in [0.3, 0.4) is 0 Å². The molecule has 0 radical (unpaired) electrons. The van der Waals surface area contributed by atoms with Crippen molar-refractivity contribution in [1.82, 2.24) is 9.88 Å². The molecule has 3 aromatic rings. The van der Waals surface area contributed by atoms with Crippen molar-refractivity contribution < 1.29 is 18.7 Å². The average Bonchev–Trinajstić information content (AvgIpc) is 3.37. The van der Waals surface area contributed by atoms with Gasteiger partial charge in [-0.2, -0.15) is 0 Å². The topological polar surface area (TPSA) is 83.6 Å². The van der Waals surface area contributed by atoms with E-state index in [-0.39, 0.29) is 11.8 Å². The van der Waals surface area contributed by atoms with Crippen LogP contribution in [0.25, 0.3) is 6.08 Å². The van der Waals surface area contributed by atoms with Gasteiger partial charge in [-0.1, -0.05) is 18.2 Å². The van der Waals surface area contributed by atoms with E-state index in [1.165, 1.54) is 30.5 Å². The maximum Gasteiger partial charge on any atom is 0.321 e. The van der Waals surface area contributed by atoms with E-state index >= 15 is 0 Å². The zero-order chi connectivity index (χ0) is 23.0. The Balaban J connectivity index is 1.38. The lowest BCUT2D eigenvalue weighted by molar-refractivity contribution is -0.111. The van der Waals surface area contributed by atoms with E-state index in [0.29, 0.717) is 22.7 Å². The Morgan fingerprint density at radius 3 is 2.45 bits per heavy atom. The van der Waals surface area contributed by atoms with E-state index < -0.39 is 11.7 Å². The predicted octanol–water partition coefficient (Wildman–Crippen LogP) is 5.29. The first-order valence-corrected chi connectivity index (χ1v) is 10.6. The van der Waals surface area contributed by atoms with Gasteiger partial charge in [0.1, 0.15) is 5.75 Å². The molecule has 1 aromatic heterocycles. The van der Waals surface area contributed by atoms with Crippen molar-refractivity contribution in [2.24, 2.45) is 0 Å². The molecule has 0 aliphatic carbocycles. The Hall–Kier alpha value is -4.20. The number of ether oxygens (including phenoxy) is 1. The molecule has 0 atom stereocenters. The second-order valence-corrected chi connectivity index (χ2v) is 7.47. The van der Waals surface area contributed by atoms with Gasteiger partial charge in [0.15, 0.2) is 11.6 Å².